The molecular formula is C11H11Br2FO2. The van der Waals surface area contributed by atoms with Crippen LogP contribution in [-0.2, 0) is 4.74 Å². The van der Waals surface area contributed by atoms with Crippen LogP contribution in [0.3, 0.4) is 0 Å². The van der Waals surface area contributed by atoms with Crippen molar-refractivity contribution in [1.29, 1.82) is 0 Å². The molecule has 3 unspecified atom stereocenters. The molecule has 5 heteroatoms. The van der Waals surface area contributed by atoms with E-state index < -0.39 is 0 Å². The maximum atomic E-state index is 13.0. The topological polar surface area (TPSA) is 18.5 Å². The summed E-state index contributed by atoms with van der Waals surface area (Å²) in [5, 5.41) is 0. The number of benzene rings is 1. The van der Waals surface area contributed by atoms with Crippen molar-refractivity contribution in [2.24, 2.45) is 0 Å². The fourth-order valence-electron chi connectivity index (χ4n) is 1.67. The fraction of sp³-hybridized carbons (Fsp3) is 0.455. The molecule has 2 rings (SSSR count). The molecule has 88 valence electrons. The molecule has 0 radical (unpaired) electrons. The molecule has 1 saturated carbocycles. The van der Waals surface area contributed by atoms with Crippen molar-refractivity contribution in [2.75, 3.05) is 7.11 Å². The quantitative estimate of drug-likeness (QED) is 0.774. The van der Waals surface area contributed by atoms with Gasteiger partial charge in [-0.15, -0.1) is 0 Å². The summed E-state index contributed by atoms with van der Waals surface area (Å²) < 4.78 is 24.8. The van der Waals surface area contributed by atoms with Crippen LogP contribution in [0, 0.1) is 5.82 Å². The number of hydrogen-bond acceptors (Lipinski definition) is 2. The number of ether oxygens (including phenoxy) is 2. The summed E-state index contributed by atoms with van der Waals surface area (Å²) in [4.78, 5) is 0.315. The van der Waals surface area contributed by atoms with Crippen LogP contribution >= 0.6 is 31.9 Å². The number of methoxy groups -OCH3 is 1. The van der Waals surface area contributed by atoms with Crippen LogP contribution in [0.25, 0.3) is 0 Å². The summed E-state index contributed by atoms with van der Waals surface area (Å²) in [5.41, 5.74) is 0. The van der Waals surface area contributed by atoms with E-state index in [0.717, 1.165) is 10.9 Å². The summed E-state index contributed by atoms with van der Waals surface area (Å²) in [5.74, 6) is 0.216. The van der Waals surface area contributed by atoms with E-state index in [1.165, 1.54) is 12.1 Å². The molecule has 3 atom stereocenters. The van der Waals surface area contributed by atoms with Crippen molar-refractivity contribution >= 4 is 31.9 Å². The Kier molecular flexibility index (Phi) is 3.87. The minimum absolute atomic E-state index is 0.0209. The van der Waals surface area contributed by atoms with Crippen LogP contribution in [0.5, 0.6) is 5.75 Å². The normalized spacial score (nSPS) is 28.6. The second-order valence-corrected chi connectivity index (χ2v) is 5.71. The van der Waals surface area contributed by atoms with Gasteiger partial charge in [-0.3, -0.25) is 0 Å². The summed E-state index contributed by atoms with van der Waals surface area (Å²) in [7, 11) is 1.65. The molecule has 0 N–H and O–H groups in total. The van der Waals surface area contributed by atoms with E-state index in [9.17, 15) is 4.39 Å². The van der Waals surface area contributed by atoms with Crippen LogP contribution in [0.2, 0.25) is 0 Å². The Morgan fingerprint density at radius 2 is 2.19 bits per heavy atom. The van der Waals surface area contributed by atoms with Gasteiger partial charge in [0.1, 0.15) is 23.8 Å². The van der Waals surface area contributed by atoms with Crippen molar-refractivity contribution in [3.63, 3.8) is 0 Å². The zero-order valence-corrected chi connectivity index (χ0v) is 11.8. The summed E-state index contributed by atoms with van der Waals surface area (Å²) in [6, 6.07) is 4.40. The molecule has 2 nitrogen and oxygen atoms in total. The molecule has 1 aliphatic carbocycles. The van der Waals surface area contributed by atoms with Crippen LogP contribution in [-0.4, -0.2) is 24.1 Å². The number of halogens is 3. The maximum absolute atomic E-state index is 13.0. The lowest BCUT2D eigenvalue weighted by atomic mass is 9.91. The molecule has 0 aliphatic heterocycles. The molecule has 0 saturated heterocycles. The Hall–Kier alpha value is -0.130. The first-order valence-corrected chi connectivity index (χ1v) is 6.61. The predicted octanol–water partition coefficient (Wildman–Crippen LogP) is 3.52. The van der Waals surface area contributed by atoms with Gasteiger partial charge in [0.15, 0.2) is 0 Å². The highest BCUT2D eigenvalue weighted by Gasteiger charge is 2.41. The van der Waals surface area contributed by atoms with Gasteiger partial charge in [0.05, 0.1) is 4.47 Å². The highest BCUT2D eigenvalue weighted by Crippen LogP contribution is 2.36. The lowest BCUT2D eigenvalue weighted by molar-refractivity contribution is -0.0548. The van der Waals surface area contributed by atoms with E-state index in [1.807, 2.05) is 0 Å². The highest BCUT2D eigenvalue weighted by atomic mass is 79.9. The fourth-order valence-corrected chi connectivity index (χ4v) is 2.94. The first kappa shape index (κ1) is 12.3. The minimum Gasteiger partial charge on any atom is -0.486 e. The van der Waals surface area contributed by atoms with Crippen LogP contribution in [0.1, 0.15) is 6.42 Å². The molecule has 0 amide bonds. The zero-order chi connectivity index (χ0) is 11.7. The van der Waals surface area contributed by atoms with Crippen LogP contribution < -0.4 is 4.74 Å². The van der Waals surface area contributed by atoms with Crippen molar-refractivity contribution in [2.45, 2.75) is 23.5 Å². The lowest BCUT2D eigenvalue weighted by Gasteiger charge is -2.40. The van der Waals surface area contributed by atoms with Crippen molar-refractivity contribution < 1.29 is 13.9 Å². The van der Waals surface area contributed by atoms with Gasteiger partial charge in [-0.2, -0.15) is 0 Å². The van der Waals surface area contributed by atoms with Gasteiger partial charge in [0, 0.05) is 24.4 Å². The molecule has 1 aromatic rings. The average molecular weight is 354 g/mol. The third-order valence-electron chi connectivity index (χ3n) is 2.62. The van der Waals surface area contributed by atoms with E-state index in [2.05, 4.69) is 31.9 Å². The van der Waals surface area contributed by atoms with Gasteiger partial charge in [0.25, 0.3) is 0 Å². The SMILES string of the molecule is COC1C(Br)CC1Oc1cc(F)ccc1Br. The van der Waals surface area contributed by atoms with E-state index in [1.54, 1.807) is 13.2 Å². The zero-order valence-electron chi connectivity index (χ0n) is 8.62. The summed E-state index contributed by atoms with van der Waals surface area (Å²) in [6.45, 7) is 0. The van der Waals surface area contributed by atoms with E-state index in [4.69, 9.17) is 9.47 Å². The number of rotatable bonds is 3. The Balaban J connectivity index is 2.07. The molecule has 1 aromatic carbocycles. The maximum Gasteiger partial charge on any atom is 0.136 e. The smallest absolute Gasteiger partial charge is 0.136 e. The largest absolute Gasteiger partial charge is 0.486 e. The molecule has 1 fully saturated rings. The predicted molar refractivity (Wildman–Crippen MR) is 66.6 cm³/mol. The monoisotopic (exact) mass is 352 g/mol. The first-order valence-electron chi connectivity index (χ1n) is 4.90. The van der Waals surface area contributed by atoms with E-state index >= 15 is 0 Å². The average Bonchev–Trinajstić information content (AvgIpc) is 2.23. The van der Waals surface area contributed by atoms with E-state index in [0.29, 0.717) is 10.6 Å². The molecule has 0 heterocycles. The highest BCUT2D eigenvalue weighted by molar-refractivity contribution is 9.10. The van der Waals surface area contributed by atoms with Gasteiger partial charge >= 0.3 is 0 Å². The van der Waals surface area contributed by atoms with Gasteiger partial charge in [-0.1, -0.05) is 15.9 Å². The molecule has 16 heavy (non-hydrogen) atoms. The Morgan fingerprint density at radius 3 is 2.81 bits per heavy atom. The van der Waals surface area contributed by atoms with Crippen molar-refractivity contribution in [3.05, 3.63) is 28.5 Å². The van der Waals surface area contributed by atoms with Crippen molar-refractivity contribution in [1.82, 2.24) is 0 Å². The molecule has 0 bridgehead atoms. The molecule has 1 aliphatic rings. The lowest BCUT2D eigenvalue weighted by Crippen LogP contribution is -2.51. The van der Waals surface area contributed by atoms with Crippen LogP contribution in [0.4, 0.5) is 4.39 Å². The Morgan fingerprint density at radius 1 is 1.44 bits per heavy atom. The van der Waals surface area contributed by atoms with E-state index in [-0.39, 0.29) is 18.0 Å². The Labute approximate surface area is 110 Å². The summed E-state index contributed by atoms with van der Waals surface area (Å²) >= 11 is 6.81. The standard InChI is InChI=1S/C11H11Br2FO2/c1-15-11-8(13)5-10(11)16-9-4-6(14)2-3-7(9)12/h2-4,8,10-11H,5H2,1H3. The minimum atomic E-state index is -0.304. The van der Waals surface area contributed by atoms with Gasteiger partial charge in [-0.05, 0) is 28.1 Å². The third-order valence-corrected chi connectivity index (χ3v) is 4.17. The van der Waals surface area contributed by atoms with Gasteiger partial charge in [0.2, 0.25) is 0 Å². The van der Waals surface area contributed by atoms with Crippen LogP contribution in [0.15, 0.2) is 22.7 Å². The molecule has 0 aromatic heterocycles. The number of alkyl halides is 1. The first-order chi connectivity index (χ1) is 7.61. The number of hydrogen-bond donors (Lipinski definition) is 0. The van der Waals surface area contributed by atoms with Gasteiger partial charge < -0.3 is 9.47 Å². The van der Waals surface area contributed by atoms with Crippen molar-refractivity contribution in [3.8, 4) is 5.75 Å². The second kappa shape index (κ2) is 5.02. The summed E-state index contributed by atoms with van der Waals surface area (Å²) in [6.07, 6.45) is 0.865. The molecular weight excluding hydrogens is 343 g/mol. The van der Waals surface area contributed by atoms with Gasteiger partial charge in [-0.25, -0.2) is 4.39 Å². The second-order valence-electron chi connectivity index (χ2n) is 3.68. The third kappa shape index (κ3) is 2.41. The molecule has 0 spiro atoms. The Bertz CT molecular complexity index is 386.